The van der Waals surface area contributed by atoms with E-state index in [1.807, 2.05) is 6.07 Å². The van der Waals surface area contributed by atoms with Gasteiger partial charge in [0, 0.05) is 12.6 Å². The molecule has 4 nitrogen and oxygen atoms in total. The Hall–Kier alpha value is -1.89. The second kappa shape index (κ2) is 4.21. The SMILES string of the molecule is CCC(=O)Nc1ncccc1C#N. The summed E-state index contributed by atoms with van der Waals surface area (Å²) in [5.74, 6) is 0.187. The van der Waals surface area contributed by atoms with Crippen molar-refractivity contribution >= 4 is 11.7 Å². The third kappa shape index (κ3) is 2.27. The number of rotatable bonds is 2. The number of carbonyl (C=O) groups excluding carboxylic acids is 1. The van der Waals surface area contributed by atoms with Gasteiger partial charge >= 0.3 is 0 Å². The molecule has 1 heterocycles. The number of amides is 1. The fourth-order valence-corrected chi connectivity index (χ4v) is 0.816. The molecule has 0 saturated heterocycles. The van der Waals surface area contributed by atoms with Crippen LogP contribution in [-0.2, 0) is 4.79 Å². The highest BCUT2D eigenvalue weighted by molar-refractivity contribution is 5.90. The molecule has 4 heteroatoms. The van der Waals surface area contributed by atoms with Crippen LogP contribution in [0.1, 0.15) is 18.9 Å². The molecule has 1 aromatic heterocycles. The average Bonchev–Trinajstić information content (AvgIpc) is 2.18. The normalized spacial score (nSPS) is 8.92. The largest absolute Gasteiger partial charge is 0.310 e. The van der Waals surface area contributed by atoms with Crippen molar-refractivity contribution in [3.05, 3.63) is 23.9 Å². The highest BCUT2D eigenvalue weighted by Crippen LogP contribution is 2.09. The average molecular weight is 175 g/mol. The lowest BCUT2D eigenvalue weighted by atomic mass is 10.3. The van der Waals surface area contributed by atoms with E-state index in [-0.39, 0.29) is 5.91 Å². The second-order valence-electron chi connectivity index (χ2n) is 2.41. The van der Waals surface area contributed by atoms with Crippen LogP contribution in [0.4, 0.5) is 5.82 Å². The third-order valence-corrected chi connectivity index (χ3v) is 1.51. The van der Waals surface area contributed by atoms with Gasteiger partial charge in [-0.25, -0.2) is 4.98 Å². The fraction of sp³-hybridized carbons (Fsp3) is 0.222. The Morgan fingerprint density at radius 1 is 1.77 bits per heavy atom. The van der Waals surface area contributed by atoms with Crippen LogP contribution in [0.3, 0.4) is 0 Å². The van der Waals surface area contributed by atoms with Gasteiger partial charge in [-0.1, -0.05) is 6.92 Å². The van der Waals surface area contributed by atoms with Gasteiger partial charge in [0.15, 0.2) is 0 Å². The first kappa shape index (κ1) is 9.20. The molecule has 0 radical (unpaired) electrons. The van der Waals surface area contributed by atoms with E-state index in [0.717, 1.165) is 0 Å². The van der Waals surface area contributed by atoms with Crippen LogP contribution in [0.5, 0.6) is 0 Å². The van der Waals surface area contributed by atoms with Crippen LogP contribution < -0.4 is 5.32 Å². The molecule has 1 amide bonds. The van der Waals surface area contributed by atoms with Crippen molar-refractivity contribution in [2.24, 2.45) is 0 Å². The summed E-state index contributed by atoms with van der Waals surface area (Å²) in [7, 11) is 0. The highest BCUT2D eigenvalue weighted by atomic mass is 16.1. The quantitative estimate of drug-likeness (QED) is 0.736. The van der Waals surface area contributed by atoms with Gasteiger partial charge in [0.25, 0.3) is 0 Å². The minimum Gasteiger partial charge on any atom is -0.310 e. The molecular formula is C9H9N3O. The predicted octanol–water partition coefficient (Wildman–Crippen LogP) is 1.30. The lowest BCUT2D eigenvalue weighted by Crippen LogP contribution is -2.11. The summed E-state index contributed by atoms with van der Waals surface area (Å²) in [6, 6.07) is 5.21. The van der Waals surface area contributed by atoms with Crippen LogP contribution in [0.2, 0.25) is 0 Å². The van der Waals surface area contributed by atoms with E-state index in [2.05, 4.69) is 10.3 Å². The van der Waals surface area contributed by atoms with Crippen molar-refractivity contribution in [1.82, 2.24) is 4.98 Å². The van der Waals surface area contributed by atoms with Gasteiger partial charge in [0.05, 0.1) is 5.56 Å². The van der Waals surface area contributed by atoms with Gasteiger partial charge < -0.3 is 5.32 Å². The summed E-state index contributed by atoms with van der Waals surface area (Å²) < 4.78 is 0. The van der Waals surface area contributed by atoms with Gasteiger partial charge in [0.1, 0.15) is 11.9 Å². The number of hydrogen-bond acceptors (Lipinski definition) is 3. The van der Waals surface area contributed by atoms with Crippen LogP contribution in [0.15, 0.2) is 18.3 Å². The van der Waals surface area contributed by atoms with Crippen molar-refractivity contribution < 1.29 is 4.79 Å². The van der Waals surface area contributed by atoms with E-state index in [4.69, 9.17) is 5.26 Å². The molecule has 0 bridgehead atoms. The summed E-state index contributed by atoms with van der Waals surface area (Å²) in [5.41, 5.74) is 0.379. The summed E-state index contributed by atoms with van der Waals surface area (Å²) in [4.78, 5) is 14.9. The van der Waals surface area contributed by atoms with Crippen LogP contribution in [0.25, 0.3) is 0 Å². The summed E-state index contributed by atoms with van der Waals surface area (Å²) in [6.45, 7) is 1.74. The summed E-state index contributed by atoms with van der Waals surface area (Å²) >= 11 is 0. The molecule has 0 atom stereocenters. The van der Waals surface area contributed by atoms with Gasteiger partial charge in [-0.3, -0.25) is 4.79 Å². The Kier molecular flexibility index (Phi) is 2.98. The van der Waals surface area contributed by atoms with E-state index in [1.54, 1.807) is 19.1 Å². The summed E-state index contributed by atoms with van der Waals surface area (Å²) in [5, 5.41) is 11.2. The number of aromatic nitrogens is 1. The molecule has 66 valence electrons. The van der Waals surface area contributed by atoms with Crippen molar-refractivity contribution in [3.63, 3.8) is 0 Å². The second-order valence-corrected chi connectivity index (χ2v) is 2.41. The molecule has 1 N–H and O–H groups in total. The molecule has 0 spiro atoms. The molecule has 0 fully saturated rings. The fourth-order valence-electron chi connectivity index (χ4n) is 0.816. The Morgan fingerprint density at radius 2 is 2.54 bits per heavy atom. The first-order chi connectivity index (χ1) is 6.27. The van der Waals surface area contributed by atoms with Gasteiger partial charge in [0.2, 0.25) is 5.91 Å². The minimum atomic E-state index is -0.143. The lowest BCUT2D eigenvalue weighted by Gasteiger charge is -2.02. The van der Waals surface area contributed by atoms with Crippen molar-refractivity contribution in [2.75, 3.05) is 5.32 Å². The van der Waals surface area contributed by atoms with Crippen molar-refractivity contribution in [2.45, 2.75) is 13.3 Å². The first-order valence-corrected chi connectivity index (χ1v) is 3.93. The Morgan fingerprint density at radius 3 is 3.15 bits per heavy atom. The number of nitriles is 1. The first-order valence-electron chi connectivity index (χ1n) is 3.93. The van der Waals surface area contributed by atoms with Gasteiger partial charge in [-0.15, -0.1) is 0 Å². The number of nitrogens with one attached hydrogen (secondary N) is 1. The van der Waals surface area contributed by atoms with E-state index in [1.165, 1.54) is 6.20 Å². The molecule has 0 aliphatic rings. The minimum absolute atomic E-state index is 0.143. The smallest absolute Gasteiger partial charge is 0.225 e. The number of pyridine rings is 1. The molecule has 0 aliphatic heterocycles. The van der Waals surface area contributed by atoms with Crippen molar-refractivity contribution in [3.8, 4) is 6.07 Å². The molecule has 13 heavy (non-hydrogen) atoms. The zero-order valence-electron chi connectivity index (χ0n) is 7.24. The van der Waals surface area contributed by atoms with Crippen LogP contribution in [0, 0.1) is 11.3 Å². The Balaban J connectivity index is 2.89. The Bertz CT molecular complexity index is 354. The van der Waals surface area contributed by atoms with E-state index >= 15 is 0 Å². The number of carbonyl (C=O) groups is 1. The summed E-state index contributed by atoms with van der Waals surface area (Å²) in [6.07, 6.45) is 1.91. The zero-order valence-corrected chi connectivity index (χ0v) is 7.24. The molecule has 0 unspecified atom stereocenters. The molecule has 0 saturated carbocycles. The number of hydrogen-bond donors (Lipinski definition) is 1. The third-order valence-electron chi connectivity index (χ3n) is 1.51. The molecule has 1 rings (SSSR count). The standard InChI is InChI=1S/C9H9N3O/c1-2-8(13)12-9-7(6-10)4-3-5-11-9/h3-5H,2H2,1H3,(H,11,12,13). The van der Waals surface area contributed by atoms with Crippen LogP contribution in [-0.4, -0.2) is 10.9 Å². The molecular weight excluding hydrogens is 166 g/mol. The predicted molar refractivity (Wildman–Crippen MR) is 47.9 cm³/mol. The maximum Gasteiger partial charge on any atom is 0.225 e. The number of nitrogens with zero attached hydrogens (tertiary/aromatic N) is 2. The molecule has 0 aromatic carbocycles. The van der Waals surface area contributed by atoms with E-state index in [0.29, 0.717) is 17.8 Å². The van der Waals surface area contributed by atoms with Gasteiger partial charge in [-0.2, -0.15) is 5.26 Å². The van der Waals surface area contributed by atoms with E-state index in [9.17, 15) is 4.79 Å². The van der Waals surface area contributed by atoms with Gasteiger partial charge in [-0.05, 0) is 12.1 Å². The maximum absolute atomic E-state index is 11.0. The molecule has 0 aliphatic carbocycles. The number of anilines is 1. The zero-order chi connectivity index (χ0) is 9.68. The lowest BCUT2D eigenvalue weighted by molar-refractivity contribution is -0.115. The highest BCUT2D eigenvalue weighted by Gasteiger charge is 2.04. The van der Waals surface area contributed by atoms with Crippen LogP contribution >= 0.6 is 0 Å². The monoisotopic (exact) mass is 175 g/mol. The van der Waals surface area contributed by atoms with E-state index < -0.39 is 0 Å². The topological polar surface area (TPSA) is 65.8 Å². The maximum atomic E-state index is 11.0. The van der Waals surface area contributed by atoms with Crippen molar-refractivity contribution in [1.29, 1.82) is 5.26 Å². The molecule has 1 aromatic rings. The Labute approximate surface area is 76.2 Å².